The smallest absolute Gasteiger partial charge is 0.294 e. The maximum absolute atomic E-state index is 13.4. The van der Waals surface area contributed by atoms with Crippen LogP contribution in [-0.2, 0) is 0 Å². The first-order valence-corrected chi connectivity index (χ1v) is 13.3. The Morgan fingerprint density at radius 2 is 1.91 bits per heavy atom. The van der Waals surface area contributed by atoms with Gasteiger partial charge in [0, 0.05) is 25.6 Å². The second kappa shape index (κ2) is 8.53. The minimum absolute atomic E-state index is 0.00177. The fraction of sp³-hybridized carbons (Fsp3) is 0.458. The van der Waals surface area contributed by atoms with Gasteiger partial charge in [-0.2, -0.15) is 10.5 Å². The summed E-state index contributed by atoms with van der Waals surface area (Å²) in [5.41, 5.74) is 1.42. The zero-order valence-corrected chi connectivity index (χ0v) is 20.4. The van der Waals surface area contributed by atoms with Crippen molar-refractivity contribution < 1.29 is 9.21 Å². The standard InChI is InChI=1S/C24H30N6O2S/c1-24(2)15-28(23(33(3)4)19-14-32-21(26-19)17-10-11-17)12-13-29(24)22(31)20-25-16-30(27-20)18-8-6-5-7-9-18/h5-9,14,16-17H,10-13,15H2,1-4H3. The number of rotatable bonds is 4. The molecule has 0 N–H and O–H groups in total. The van der Waals surface area contributed by atoms with E-state index in [1.807, 2.05) is 35.2 Å². The second-order valence-corrected chi connectivity index (χ2v) is 11.5. The maximum Gasteiger partial charge on any atom is 0.294 e. The van der Waals surface area contributed by atoms with Crippen LogP contribution in [-0.4, -0.2) is 78.1 Å². The maximum atomic E-state index is 13.4. The van der Waals surface area contributed by atoms with Crippen molar-refractivity contribution in [1.82, 2.24) is 29.5 Å². The van der Waals surface area contributed by atoms with Crippen LogP contribution in [0.5, 0.6) is 0 Å². The van der Waals surface area contributed by atoms with Crippen molar-refractivity contribution in [3.05, 3.63) is 60.3 Å². The molecular formula is C24H30N6O2S. The average Bonchev–Trinajstić information content (AvgIpc) is 3.31. The lowest BCUT2D eigenvalue weighted by molar-refractivity contribution is 0.0325. The van der Waals surface area contributed by atoms with E-state index >= 15 is 0 Å². The summed E-state index contributed by atoms with van der Waals surface area (Å²) >= 11 is 0. The number of hydrogen-bond acceptors (Lipinski definition) is 5. The number of oxazole rings is 1. The van der Waals surface area contributed by atoms with Gasteiger partial charge in [0.15, 0.2) is 5.89 Å². The molecule has 1 aliphatic carbocycles. The third-order valence-corrected chi connectivity index (χ3v) is 7.43. The predicted octanol–water partition coefficient (Wildman–Crippen LogP) is 3.38. The van der Waals surface area contributed by atoms with E-state index in [4.69, 9.17) is 9.40 Å². The van der Waals surface area contributed by atoms with E-state index in [-0.39, 0.29) is 27.8 Å². The molecule has 0 spiro atoms. The van der Waals surface area contributed by atoms with Crippen molar-refractivity contribution in [3.8, 4) is 5.69 Å². The highest BCUT2D eigenvalue weighted by atomic mass is 32.2. The van der Waals surface area contributed by atoms with Gasteiger partial charge in [-0.1, -0.05) is 18.2 Å². The van der Waals surface area contributed by atoms with Crippen molar-refractivity contribution in [2.75, 3.05) is 32.1 Å². The normalized spacial score (nSPS) is 18.6. The molecule has 1 aromatic carbocycles. The van der Waals surface area contributed by atoms with E-state index in [0.29, 0.717) is 19.0 Å². The Bertz CT molecular complexity index is 1190. The van der Waals surface area contributed by atoms with Gasteiger partial charge in [0.2, 0.25) is 5.82 Å². The fourth-order valence-electron chi connectivity index (χ4n) is 4.42. The summed E-state index contributed by atoms with van der Waals surface area (Å²) in [5, 5.41) is 4.45. The fourth-order valence-corrected chi connectivity index (χ4v) is 5.61. The van der Waals surface area contributed by atoms with Crippen molar-refractivity contribution in [1.29, 1.82) is 0 Å². The highest BCUT2D eigenvalue weighted by Gasteiger charge is 2.40. The molecule has 0 bridgehead atoms. The first-order valence-electron chi connectivity index (χ1n) is 11.3. The number of aromatic nitrogens is 4. The van der Waals surface area contributed by atoms with Gasteiger partial charge in [-0.15, -0.1) is 5.10 Å². The van der Waals surface area contributed by atoms with Gasteiger partial charge in [-0.05, 0) is 51.3 Å². The Balaban J connectivity index is 1.34. The molecule has 0 unspecified atom stereocenters. The molecule has 0 atom stereocenters. The van der Waals surface area contributed by atoms with Gasteiger partial charge in [0.25, 0.3) is 5.91 Å². The summed E-state index contributed by atoms with van der Waals surface area (Å²) in [6.45, 7) is 6.25. The highest BCUT2D eigenvalue weighted by Crippen LogP contribution is 2.39. The van der Waals surface area contributed by atoms with E-state index < -0.39 is 0 Å². The molecular weight excluding hydrogens is 436 g/mol. The van der Waals surface area contributed by atoms with Crippen LogP contribution >= 0.6 is 10.5 Å². The number of carbonyl (C=O) groups is 1. The van der Waals surface area contributed by atoms with E-state index in [0.717, 1.165) is 23.8 Å². The van der Waals surface area contributed by atoms with Crippen molar-refractivity contribution in [2.24, 2.45) is 0 Å². The quantitative estimate of drug-likeness (QED) is 0.549. The molecule has 174 valence electrons. The summed E-state index contributed by atoms with van der Waals surface area (Å²) < 4.78 is 7.42. The van der Waals surface area contributed by atoms with Crippen LogP contribution in [0.4, 0.5) is 0 Å². The first kappa shape index (κ1) is 22.0. The molecule has 1 amide bonds. The Labute approximate surface area is 196 Å². The van der Waals surface area contributed by atoms with Crippen molar-refractivity contribution in [3.63, 3.8) is 0 Å². The molecule has 33 heavy (non-hydrogen) atoms. The number of nitrogens with zero attached hydrogens (tertiary/aromatic N) is 6. The SMILES string of the molecule is CS(C)=C(c1coc(C2CC2)n1)N1CCN(C(=O)c2ncn(-c3ccccc3)n2)C(C)(C)C1. The lowest BCUT2D eigenvalue weighted by Gasteiger charge is -2.47. The molecule has 1 saturated heterocycles. The predicted molar refractivity (Wildman–Crippen MR) is 130 cm³/mol. The molecule has 1 aliphatic heterocycles. The number of piperazine rings is 1. The Kier molecular flexibility index (Phi) is 5.70. The summed E-state index contributed by atoms with van der Waals surface area (Å²) in [6, 6.07) is 9.70. The largest absolute Gasteiger partial charge is 0.448 e. The third-order valence-electron chi connectivity index (χ3n) is 6.19. The van der Waals surface area contributed by atoms with Crippen LogP contribution in [0.2, 0.25) is 0 Å². The topological polar surface area (TPSA) is 80.3 Å². The van der Waals surface area contributed by atoms with Crippen LogP contribution in [0.15, 0.2) is 47.3 Å². The van der Waals surface area contributed by atoms with E-state index in [1.54, 1.807) is 17.3 Å². The summed E-state index contributed by atoms with van der Waals surface area (Å²) in [5.74, 6) is 1.44. The van der Waals surface area contributed by atoms with Gasteiger partial charge in [0.1, 0.15) is 18.3 Å². The molecule has 9 heteroatoms. The molecule has 2 fully saturated rings. The molecule has 8 nitrogen and oxygen atoms in total. The molecule has 2 aliphatic rings. The summed E-state index contributed by atoms with van der Waals surface area (Å²) in [4.78, 5) is 28.0. The number of hydrogen-bond donors (Lipinski definition) is 0. The average molecular weight is 467 g/mol. The third kappa shape index (κ3) is 4.39. The van der Waals surface area contributed by atoms with Crippen LogP contribution in [0.25, 0.3) is 5.69 Å². The number of para-hydroxylation sites is 1. The van der Waals surface area contributed by atoms with Gasteiger partial charge in [-0.3, -0.25) is 9.69 Å². The minimum Gasteiger partial charge on any atom is -0.448 e. The molecule has 3 heterocycles. The zero-order chi connectivity index (χ0) is 23.2. The van der Waals surface area contributed by atoms with E-state index in [1.165, 1.54) is 17.8 Å². The lowest BCUT2D eigenvalue weighted by atomic mass is 9.98. The number of benzene rings is 1. The van der Waals surface area contributed by atoms with E-state index in [2.05, 4.69) is 41.3 Å². The Morgan fingerprint density at radius 3 is 2.58 bits per heavy atom. The Hall–Kier alpha value is -2.78. The van der Waals surface area contributed by atoms with Crippen molar-refractivity contribution >= 4 is 21.4 Å². The minimum atomic E-state index is -0.388. The summed E-state index contributed by atoms with van der Waals surface area (Å²) in [7, 11) is -0.00177. The number of carbonyl (C=O) groups excluding carboxylic acids is 1. The molecule has 2 aromatic heterocycles. The van der Waals surface area contributed by atoms with Crippen LogP contribution < -0.4 is 0 Å². The molecule has 5 rings (SSSR count). The molecule has 3 aromatic rings. The zero-order valence-electron chi connectivity index (χ0n) is 19.6. The monoisotopic (exact) mass is 466 g/mol. The van der Waals surface area contributed by atoms with Gasteiger partial charge >= 0.3 is 0 Å². The molecule has 0 radical (unpaired) electrons. The molecule has 1 saturated carbocycles. The Morgan fingerprint density at radius 1 is 1.15 bits per heavy atom. The highest BCUT2D eigenvalue weighted by molar-refractivity contribution is 8.15. The van der Waals surface area contributed by atoms with Crippen LogP contribution in [0.1, 0.15) is 54.8 Å². The van der Waals surface area contributed by atoms with Crippen LogP contribution in [0, 0.1) is 0 Å². The first-order chi connectivity index (χ1) is 15.8. The van der Waals surface area contributed by atoms with Crippen LogP contribution in [0.3, 0.4) is 0 Å². The summed E-state index contributed by atoms with van der Waals surface area (Å²) in [6.07, 6.45) is 10.2. The second-order valence-electron chi connectivity index (χ2n) is 9.51. The lowest BCUT2D eigenvalue weighted by Crippen LogP contribution is -2.62. The van der Waals surface area contributed by atoms with Gasteiger partial charge in [0.05, 0.1) is 16.2 Å². The van der Waals surface area contributed by atoms with Crippen molar-refractivity contribution in [2.45, 2.75) is 38.1 Å². The number of amides is 1. The van der Waals surface area contributed by atoms with Gasteiger partial charge < -0.3 is 9.32 Å². The van der Waals surface area contributed by atoms with Gasteiger partial charge in [-0.25, -0.2) is 14.6 Å². The van der Waals surface area contributed by atoms with E-state index in [9.17, 15) is 4.79 Å².